The Labute approximate surface area is 121 Å². The van der Waals surface area contributed by atoms with Gasteiger partial charge in [0.15, 0.2) is 5.16 Å². The molecule has 0 radical (unpaired) electrons. The number of H-pyrrole nitrogens is 1. The summed E-state index contributed by atoms with van der Waals surface area (Å²) in [5.41, 5.74) is -0.187. The van der Waals surface area contributed by atoms with Gasteiger partial charge in [-0.15, -0.1) is 5.10 Å². The first-order valence-electron chi connectivity index (χ1n) is 6.63. The molecular formula is C12H18N6OS. The SMILES string of the molecule is CCCNc1cc(Sc2n[nH]c(=O)n2CCC)ncn1. The molecule has 0 aliphatic rings. The maximum absolute atomic E-state index is 11.6. The zero-order valence-corrected chi connectivity index (χ0v) is 12.4. The minimum atomic E-state index is -0.187. The van der Waals surface area contributed by atoms with E-state index in [0.29, 0.717) is 11.7 Å². The van der Waals surface area contributed by atoms with Crippen molar-refractivity contribution in [3.63, 3.8) is 0 Å². The second-order valence-electron chi connectivity index (χ2n) is 4.23. The molecule has 2 aromatic heterocycles. The van der Waals surface area contributed by atoms with Crippen molar-refractivity contribution in [3.8, 4) is 0 Å². The lowest BCUT2D eigenvalue weighted by Crippen LogP contribution is -2.17. The van der Waals surface area contributed by atoms with Crippen LogP contribution in [0.25, 0.3) is 0 Å². The molecule has 20 heavy (non-hydrogen) atoms. The molecule has 0 bridgehead atoms. The van der Waals surface area contributed by atoms with Crippen LogP contribution in [0.5, 0.6) is 0 Å². The monoisotopic (exact) mass is 294 g/mol. The van der Waals surface area contributed by atoms with Crippen LogP contribution in [0, 0.1) is 0 Å². The first-order valence-corrected chi connectivity index (χ1v) is 7.45. The van der Waals surface area contributed by atoms with Crippen molar-refractivity contribution in [2.45, 2.75) is 43.4 Å². The number of rotatable bonds is 7. The van der Waals surface area contributed by atoms with Crippen LogP contribution in [0.15, 0.2) is 27.4 Å². The van der Waals surface area contributed by atoms with Gasteiger partial charge in [0.05, 0.1) is 0 Å². The molecule has 0 aliphatic carbocycles. The van der Waals surface area contributed by atoms with Gasteiger partial charge in [0, 0.05) is 19.2 Å². The third-order valence-corrected chi connectivity index (χ3v) is 3.49. The Kier molecular flexibility index (Phi) is 5.16. The number of nitrogens with zero attached hydrogens (tertiary/aromatic N) is 4. The average molecular weight is 294 g/mol. The molecule has 2 N–H and O–H groups in total. The van der Waals surface area contributed by atoms with Gasteiger partial charge in [-0.25, -0.2) is 19.9 Å². The molecule has 0 unspecified atom stereocenters. The Bertz CT molecular complexity index is 608. The molecule has 0 atom stereocenters. The van der Waals surface area contributed by atoms with Gasteiger partial charge in [-0.3, -0.25) is 4.57 Å². The second kappa shape index (κ2) is 7.09. The third kappa shape index (κ3) is 3.60. The van der Waals surface area contributed by atoms with E-state index in [-0.39, 0.29) is 5.69 Å². The number of aromatic nitrogens is 5. The number of anilines is 1. The molecule has 8 heteroatoms. The maximum atomic E-state index is 11.6. The van der Waals surface area contributed by atoms with Gasteiger partial charge in [0.2, 0.25) is 0 Å². The lowest BCUT2D eigenvalue weighted by atomic mass is 10.4. The average Bonchev–Trinajstić information content (AvgIpc) is 2.79. The summed E-state index contributed by atoms with van der Waals surface area (Å²) in [5.74, 6) is 0.782. The van der Waals surface area contributed by atoms with Crippen LogP contribution in [-0.4, -0.2) is 31.3 Å². The quantitative estimate of drug-likeness (QED) is 0.756. The smallest absolute Gasteiger partial charge is 0.343 e. The summed E-state index contributed by atoms with van der Waals surface area (Å²) in [7, 11) is 0. The second-order valence-corrected chi connectivity index (χ2v) is 5.22. The predicted octanol–water partition coefficient (Wildman–Crippen LogP) is 1.74. The first kappa shape index (κ1) is 14.6. The summed E-state index contributed by atoms with van der Waals surface area (Å²) in [5, 5.41) is 11.1. The standard InChI is InChI=1S/C12H18N6OS/c1-3-5-13-9-7-10(15-8-14-9)20-12-17-16-11(19)18(12)6-4-2/h7-8H,3-6H2,1-2H3,(H,16,19)(H,13,14,15). The van der Waals surface area contributed by atoms with Gasteiger partial charge in [-0.1, -0.05) is 13.8 Å². The largest absolute Gasteiger partial charge is 0.370 e. The van der Waals surface area contributed by atoms with Crippen molar-refractivity contribution in [3.05, 3.63) is 22.9 Å². The van der Waals surface area contributed by atoms with E-state index in [1.54, 1.807) is 4.57 Å². The molecule has 2 heterocycles. The molecule has 2 rings (SSSR count). The van der Waals surface area contributed by atoms with Crippen LogP contribution in [0.4, 0.5) is 5.82 Å². The number of hydrogen-bond acceptors (Lipinski definition) is 6. The Hall–Kier alpha value is -1.83. The predicted molar refractivity (Wildman–Crippen MR) is 78.1 cm³/mol. The topological polar surface area (TPSA) is 88.5 Å². The highest BCUT2D eigenvalue weighted by atomic mass is 32.2. The van der Waals surface area contributed by atoms with Crippen LogP contribution >= 0.6 is 11.8 Å². The molecule has 0 spiro atoms. The van der Waals surface area contributed by atoms with Gasteiger partial charge in [-0.05, 0) is 24.6 Å². The highest BCUT2D eigenvalue weighted by Crippen LogP contribution is 2.24. The maximum Gasteiger partial charge on any atom is 0.343 e. The van der Waals surface area contributed by atoms with E-state index >= 15 is 0 Å². The number of aromatic amines is 1. The molecule has 0 amide bonds. The van der Waals surface area contributed by atoms with Crippen molar-refractivity contribution < 1.29 is 0 Å². The summed E-state index contributed by atoms with van der Waals surface area (Å²) in [6.45, 7) is 5.62. The van der Waals surface area contributed by atoms with Crippen LogP contribution in [0.2, 0.25) is 0 Å². The molecule has 0 fully saturated rings. The van der Waals surface area contributed by atoms with E-state index in [4.69, 9.17) is 0 Å². The molecular weight excluding hydrogens is 276 g/mol. The van der Waals surface area contributed by atoms with Gasteiger partial charge in [0.25, 0.3) is 0 Å². The van der Waals surface area contributed by atoms with Gasteiger partial charge in [-0.2, -0.15) is 0 Å². The Balaban J connectivity index is 2.15. The zero-order chi connectivity index (χ0) is 14.4. The summed E-state index contributed by atoms with van der Waals surface area (Å²) >= 11 is 1.35. The van der Waals surface area contributed by atoms with Gasteiger partial charge in [0.1, 0.15) is 17.2 Å². The van der Waals surface area contributed by atoms with Crippen molar-refractivity contribution in [1.82, 2.24) is 24.7 Å². The van der Waals surface area contributed by atoms with E-state index in [1.807, 2.05) is 13.0 Å². The summed E-state index contributed by atoms with van der Waals surface area (Å²) in [6.07, 6.45) is 3.41. The van der Waals surface area contributed by atoms with Crippen molar-refractivity contribution >= 4 is 17.6 Å². The van der Waals surface area contributed by atoms with Crippen LogP contribution in [-0.2, 0) is 6.54 Å². The molecule has 0 saturated carbocycles. The highest BCUT2D eigenvalue weighted by molar-refractivity contribution is 7.99. The van der Waals surface area contributed by atoms with Gasteiger partial charge >= 0.3 is 5.69 Å². The fourth-order valence-corrected chi connectivity index (χ4v) is 2.47. The van der Waals surface area contributed by atoms with Crippen molar-refractivity contribution in [1.29, 1.82) is 0 Å². The van der Waals surface area contributed by atoms with E-state index in [1.165, 1.54) is 18.1 Å². The lowest BCUT2D eigenvalue weighted by Gasteiger charge is -2.05. The summed E-state index contributed by atoms with van der Waals surface area (Å²) in [4.78, 5) is 20.0. The summed E-state index contributed by atoms with van der Waals surface area (Å²) < 4.78 is 1.62. The highest BCUT2D eigenvalue weighted by Gasteiger charge is 2.10. The van der Waals surface area contributed by atoms with E-state index in [9.17, 15) is 4.79 Å². The van der Waals surface area contributed by atoms with E-state index < -0.39 is 0 Å². The number of nitrogens with one attached hydrogen (secondary N) is 2. The van der Waals surface area contributed by atoms with Crippen LogP contribution in [0.3, 0.4) is 0 Å². The van der Waals surface area contributed by atoms with E-state index in [2.05, 4.69) is 32.4 Å². The minimum absolute atomic E-state index is 0.187. The normalized spacial score (nSPS) is 10.7. The summed E-state index contributed by atoms with van der Waals surface area (Å²) in [6, 6.07) is 1.86. The Morgan fingerprint density at radius 1 is 1.35 bits per heavy atom. The Morgan fingerprint density at radius 2 is 2.20 bits per heavy atom. The molecule has 7 nitrogen and oxygen atoms in total. The van der Waals surface area contributed by atoms with Crippen molar-refractivity contribution in [2.75, 3.05) is 11.9 Å². The fraction of sp³-hybridized carbons (Fsp3) is 0.500. The Morgan fingerprint density at radius 3 is 2.95 bits per heavy atom. The zero-order valence-electron chi connectivity index (χ0n) is 11.6. The molecule has 108 valence electrons. The minimum Gasteiger partial charge on any atom is -0.370 e. The molecule has 0 saturated heterocycles. The fourth-order valence-electron chi connectivity index (χ4n) is 1.64. The van der Waals surface area contributed by atoms with Crippen molar-refractivity contribution in [2.24, 2.45) is 0 Å². The van der Waals surface area contributed by atoms with Crippen LogP contribution < -0.4 is 11.0 Å². The lowest BCUT2D eigenvalue weighted by molar-refractivity contribution is 0.603. The number of hydrogen-bond donors (Lipinski definition) is 2. The molecule has 0 aliphatic heterocycles. The molecule has 2 aromatic rings. The molecule has 0 aromatic carbocycles. The van der Waals surface area contributed by atoms with E-state index in [0.717, 1.165) is 30.2 Å². The van der Waals surface area contributed by atoms with Gasteiger partial charge < -0.3 is 5.32 Å². The third-order valence-electron chi connectivity index (χ3n) is 2.56. The van der Waals surface area contributed by atoms with Crippen LogP contribution in [0.1, 0.15) is 26.7 Å². The first-order chi connectivity index (χ1) is 9.74.